The maximum absolute atomic E-state index is 12.7. The number of hydrogen-bond acceptors (Lipinski definition) is 8. The number of carbonyl (C=O) groups is 1. The zero-order chi connectivity index (χ0) is 21.0. The first-order chi connectivity index (χ1) is 14.0. The summed E-state index contributed by atoms with van der Waals surface area (Å²) in [4.78, 5) is 12.7. The van der Waals surface area contributed by atoms with Crippen LogP contribution in [0.2, 0.25) is 0 Å². The lowest BCUT2D eigenvalue weighted by atomic mass is 10.1. The number of benzene rings is 2. The Kier molecular flexibility index (Phi) is 6.01. The van der Waals surface area contributed by atoms with E-state index < -0.39 is 12.1 Å². The predicted octanol–water partition coefficient (Wildman–Crippen LogP) is 3.99. The molecule has 0 aliphatic heterocycles. The minimum absolute atomic E-state index is 0.188. The molecule has 2 aromatic carbocycles. The summed E-state index contributed by atoms with van der Waals surface area (Å²) in [6.07, 6.45) is -0.757. The van der Waals surface area contributed by atoms with E-state index >= 15 is 0 Å². The van der Waals surface area contributed by atoms with Crippen LogP contribution in [0.5, 0.6) is 17.2 Å². The third kappa shape index (κ3) is 4.16. The molecule has 3 rings (SSSR count). The quantitative estimate of drug-likeness (QED) is 0.552. The summed E-state index contributed by atoms with van der Waals surface area (Å²) in [6, 6.07) is 10.8. The van der Waals surface area contributed by atoms with Gasteiger partial charge in [-0.25, -0.2) is 4.79 Å². The Morgan fingerprint density at radius 2 is 1.62 bits per heavy atom. The second-order valence-electron chi connectivity index (χ2n) is 6.24. The van der Waals surface area contributed by atoms with Gasteiger partial charge in [0.05, 0.1) is 21.3 Å². The van der Waals surface area contributed by atoms with Gasteiger partial charge in [-0.2, -0.15) is 0 Å². The molecule has 0 N–H and O–H groups in total. The zero-order valence-corrected chi connectivity index (χ0v) is 16.9. The molecule has 0 saturated heterocycles. The molecule has 0 fully saturated rings. The highest BCUT2D eigenvalue weighted by Gasteiger charge is 2.25. The summed E-state index contributed by atoms with van der Waals surface area (Å²) in [6.45, 7) is 3.64. The fraction of sp³-hybridized carbons (Fsp3) is 0.286. The van der Waals surface area contributed by atoms with Gasteiger partial charge in [0.1, 0.15) is 5.56 Å². The van der Waals surface area contributed by atoms with Crippen LogP contribution < -0.4 is 14.2 Å². The first-order valence-electron chi connectivity index (χ1n) is 8.88. The van der Waals surface area contributed by atoms with Crippen molar-refractivity contribution >= 4 is 5.97 Å². The van der Waals surface area contributed by atoms with Crippen LogP contribution in [0.25, 0.3) is 11.5 Å². The van der Waals surface area contributed by atoms with Crippen LogP contribution in [-0.2, 0) is 4.74 Å². The smallest absolute Gasteiger partial charge is 0.342 e. The lowest BCUT2D eigenvalue weighted by Crippen LogP contribution is -2.11. The summed E-state index contributed by atoms with van der Waals surface area (Å²) in [5.74, 6) is 0.880. The third-order valence-electron chi connectivity index (χ3n) is 4.29. The van der Waals surface area contributed by atoms with Crippen LogP contribution in [0, 0.1) is 6.92 Å². The number of methoxy groups -OCH3 is 3. The van der Waals surface area contributed by atoms with Crippen molar-refractivity contribution in [3.05, 3.63) is 53.4 Å². The normalized spacial score (nSPS) is 11.6. The molecule has 0 spiro atoms. The Hall–Kier alpha value is -3.55. The topological polar surface area (TPSA) is 92.9 Å². The molecular formula is C21H22N2O6. The van der Waals surface area contributed by atoms with Crippen molar-refractivity contribution < 1.29 is 28.2 Å². The van der Waals surface area contributed by atoms with Crippen LogP contribution in [0.15, 0.2) is 40.8 Å². The number of carbonyl (C=O) groups excluding carboxylic acids is 1. The molecule has 0 aliphatic carbocycles. The van der Waals surface area contributed by atoms with Crippen molar-refractivity contribution in [1.29, 1.82) is 0 Å². The number of esters is 1. The Morgan fingerprint density at radius 3 is 2.24 bits per heavy atom. The summed E-state index contributed by atoms with van der Waals surface area (Å²) in [5, 5.41) is 8.03. The first kappa shape index (κ1) is 20.2. The van der Waals surface area contributed by atoms with Crippen molar-refractivity contribution in [1.82, 2.24) is 10.2 Å². The zero-order valence-electron chi connectivity index (χ0n) is 16.9. The molecule has 0 radical (unpaired) electrons. The van der Waals surface area contributed by atoms with Gasteiger partial charge < -0.3 is 23.4 Å². The van der Waals surface area contributed by atoms with Gasteiger partial charge in [-0.1, -0.05) is 17.7 Å². The van der Waals surface area contributed by atoms with E-state index in [-0.39, 0.29) is 17.2 Å². The fourth-order valence-electron chi connectivity index (χ4n) is 2.75. The van der Waals surface area contributed by atoms with E-state index in [0.717, 1.165) is 11.1 Å². The Labute approximate surface area is 168 Å². The van der Waals surface area contributed by atoms with Gasteiger partial charge in [-0.15, -0.1) is 10.2 Å². The van der Waals surface area contributed by atoms with Crippen LogP contribution in [0.1, 0.15) is 34.8 Å². The molecule has 0 amide bonds. The maximum Gasteiger partial charge on any atom is 0.342 e. The van der Waals surface area contributed by atoms with Crippen molar-refractivity contribution in [2.75, 3.05) is 21.3 Å². The minimum Gasteiger partial charge on any atom is -0.493 e. The van der Waals surface area contributed by atoms with E-state index in [1.165, 1.54) is 21.3 Å². The van der Waals surface area contributed by atoms with Gasteiger partial charge in [0.25, 0.3) is 5.89 Å². The van der Waals surface area contributed by atoms with E-state index in [1.807, 2.05) is 31.2 Å². The lowest BCUT2D eigenvalue weighted by Gasteiger charge is -2.16. The van der Waals surface area contributed by atoms with Gasteiger partial charge >= 0.3 is 5.97 Å². The maximum atomic E-state index is 12.7. The van der Waals surface area contributed by atoms with Crippen LogP contribution in [0.3, 0.4) is 0 Å². The van der Waals surface area contributed by atoms with Crippen molar-refractivity contribution in [3.63, 3.8) is 0 Å². The number of ether oxygens (including phenoxy) is 4. The average molecular weight is 398 g/mol. The molecule has 1 atom stereocenters. The van der Waals surface area contributed by atoms with Gasteiger partial charge in [-0.3, -0.25) is 0 Å². The molecule has 0 saturated carbocycles. The highest BCUT2D eigenvalue weighted by Crippen LogP contribution is 2.40. The third-order valence-corrected chi connectivity index (χ3v) is 4.29. The lowest BCUT2D eigenvalue weighted by molar-refractivity contribution is 0.0275. The molecule has 0 bridgehead atoms. The van der Waals surface area contributed by atoms with Crippen LogP contribution in [0.4, 0.5) is 0 Å². The molecule has 0 aliphatic rings. The molecule has 1 aromatic heterocycles. The molecular weight excluding hydrogens is 376 g/mol. The number of rotatable bonds is 7. The Morgan fingerprint density at radius 1 is 0.931 bits per heavy atom. The van der Waals surface area contributed by atoms with Crippen LogP contribution >= 0.6 is 0 Å². The highest BCUT2D eigenvalue weighted by atomic mass is 16.6. The Bertz CT molecular complexity index is 997. The molecule has 1 heterocycles. The SMILES string of the molecule is COc1ccc(C(=O)O[C@H](C)c2nnc(-c3ccc(C)cc3)o2)c(OC)c1OC. The molecule has 8 nitrogen and oxygen atoms in total. The van der Waals surface area contributed by atoms with E-state index in [2.05, 4.69) is 10.2 Å². The van der Waals surface area contributed by atoms with Gasteiger partial charge in [0.2, 0.25) is 11.6 Å². The summed E-state index contributed by atoms with van der Waals surface area (Å²) in [7, 11) is 4.39. The second-order valence-corrected chi connectivity index (χ2v) is 6.24. The van der Waals surface area contributed by atoms with Gasteiger partial charge in [0.15, 0.2) is 17.6 Å². The fourth-order valence-corrected chi connectivity index (χ4v) is 2.75. The first-order valence-corrected chi connectivity index (χ1v) is 8.88. The van der Waals surface area contributed by atoms with E-state index in [0.29, 0.717) is 17.4 Å². The number of nitrogens with zero attached hydrogens (tertiary/aromatic N) is 2. The van der Waals surface area contributed by atoms with Crippen molar-refractivity contribution in [3.8, 4) is 28.7 Å². The van der Waals surface area contributed by atoms with Gasteiger partial charge in [-0.05, 0) is 38.1 Å². The molecule has 3 aromatic rings. The van der Waals surface area contributed by atoms with Gasteiger partial charge in [0, 0.05) is 5.56 Å². The van der Waals surface area contributed by atoms with Crippen molar-refractivity contribution in [2.24, 2.45) is 0 Å². The van der Waals surface area contributed by atoms with E-state index in [1.54, 1.807) is 19.1 Å². The average Bonchev–Trinajstić information content (AvgIpc) is 3.23. The summed E-state index contributed by atoms with van der Waals surface area (Å²) >= 11 is 0. The molecule has 29 heavy (non-hydrogen) atoms. The van der Waals surface area contributed by atoms with Crippen LogP contribution in [-0.4, -0.2) is 37.5 Å². The van der Waals surface area contributed by atoms with E-state index in [4.69, 9.17) is 23.4 Å². The Balaban J connectivity index is 1.80. The van der Waals surface area contributed by atoms with E-state index in [9.17, 15) is 4.79 Å². The standard InChI is InChI=1S/C21H22N2O6/c1-12-6-8-14(9-7-12)20-23-22-19(29-20)13(2)28-21(24)15-10-11-16(25-3)18(27-5)17(15)26-4/h6-11,13H,1-5H3/t13-/m1/s1. The molecule has 0 unspecified atom stereocenters. The minimum atomic E-state index is -0.757. The highest BCUT2D eigenvalue weighted by molar-refractivity contribution is 5.94. The molecule has 8 heteroatoms. The monoisotopic (exact) mass is 398 g/mol. The molecule has 152 valence electrons. The predicted molar refractivity (Wildman–Crippen MR) is 104 cm³/mol. The summed E-state index contributed by atoms with van der Waals surface area (Å²) in [5.41, 5.74) is 2.10. The van der Waals surface area contributed by atoms with Crippen molar-refractivity contribution in [2.45, 2.75) is 20.0 Å². The second kappa shape index (κ2) is 8.64. The number of hydrogen-bond donors (Lipinski definition) is 0. The largest absolute Gasteiger partial charge is 0.493 e. The number of aromatic nitrogens is 2. The number of aryl methyl sites for hydroxylation is 1. The summed E-state index contributed by atoms with van der Waals surface area (Å²) < 4.78 is 27.0.